The maximum Gasteiger partial charge on any atom is 0.274 e. The van der Waals surface area contributed by atoms with E-state index in [9.17, 15) is 9.18 Å². The molecule has 0 aliphatic rings. The summed E-state index contributed by atoms with van der Waals surface area (Å²) in [6, 6.07) is 9.42. The van der Waals surface area contributed by atoms with E-state index in [0.29, 0.717) is 11.1 Å². The molecule has 0 saturated carbocycles. The van der Waals surface area contributed by atoms with E-state index in [1.54, 1.807) is 36.7 Å². The molecule has 3 rings (SSSR count). The van der Waals surface area contributed by atoms with Crippen molar-refractivity contribution in [2.45, 2.75) is 0 Å². The highest BCUT2D eigenvalue weighted by atomic mass is 19.1. The Morgan fingerprint density at radius 1 is 1.15 bits per heavy atom. The average Bonchev–Trinajstić information content (AvgIpc) is 2.48. The van der Waals surface area contributed by atoms with E-state index in [2.05, 4.69) is 15.3 Å². The Morgan fingerprint density at radius 3 is 2.85 bits per heavy atom. The Labute approximate surface area is 114 Å². The summed E-state index contributed by atoms with van der Waals surface area (Å²) in [6.45, 7) is 0. The lowest BCUT2D eigenvalue weighted by Gasteiger charge is -2.08. The van der Waals surface area contributed by atoms with Gasteiger partial charge >= 0.3 is 0 Å². The van der Waals surface area contributed by atoms with Crippen LogP contribution in [0.1, 0.15) is 10.5 Å². The number of pyridine rings is 2. The predicted octanol–water partition coefficient (Wildman–Crippen LogP) is 3.02. The van der Waals surface area contributed by atoms with Crippen LogP contribution in [0.4, 0.5) is 10.1 Å². The Bertz CT molecular complexity index is 774. The molecule has 3 aromatic rings. The van der Waals surface area contributed by atoms with E-state index in [0.717, 1.165) is 5.39 Å². The van der Waals surface area contributed by atoms with Crippen LogP contribution < -0.4 is 5.32 Å². The van der Waals surface area contributed by atoms with Crippen LogP contribution in [-0.2, 0) is 0 Å². The van der Waals surface area contributed by atoms with Crippen LogP contribution in [0.25, 0.3) is 10.8 Å². The zero-order valence-corrected chi connectivity index (χ0v) is 10.4. The lowest BCUT2D eigenvalue weighted by Crippen LogP contribution is -2.13. The van der Waals surface area contributed by atoms with Crippen LogP contribution in [0, 0.1) is 5.82 Å². The molecule has 98 valence electrons. The molecule has 1 N–H and O–H groups in total. The van der Waals surface area contributed by atoms with Crippen molar-refractivity contribution in [3.8, 4) is 0 Å². The molecule has 0 radical (unpaired) electrons. The molecule has 20 heavy (non-hydrogen) atoms. The second-order valence-electron chi connectivity index (χ2n) is 4.22. The number of carbonyl (C=O) groups excluding carboxylic acids is 1. The van der Waals surface area contributed by atoms with Crippen molar-refractivity contribution in [3.63, 3.8) is 0 Å². The first kappa shape index (κ1) is 12.2. The van der Waals surface area contributed by atoms with Crippen LogP contribution in [0.15, 0.2) is 55.0 Å². The number of aromatic nitrogens is 2. The molecule has 1 amide bonds. The zero-order valence-electron chi connectivity index (χ0n) is 10.4. The van der Waals surface area contributed by atoms with Gasteiger partial charge in [-0.2, -0.15) is 0 Å². The Balaban J connectivity index is 2.01. The molecule has 5 heteroatoms. The van der Waals surface area contributed by atoms with Crippen molar-refractivity contribution in [3.05, 3.63) is 66.5 Å². The second-order valence-corrected chi connectivity index (χ2v) is 4.22. The van der Waals surface area contributed by atoms with Crippen molar-refractivity contribution in [1.82, 2.24) is 9.97 Å². The first-order chi connectivity index (χ1) is 9.74. The fourth-order valence-electron chi connectivity index (χ4n) is 1.96. The van der Waals surface area contributed by atoms with Crippen molar-refractivity contribution in [2.24, 2.45) is 0 Å². The van der Waals surface area contributed by atoms with Gasteiger partial charge in [0, 0.05) is 29.4 Å². The molecule has 2 aromatic heterocycles. The summed E-state index contributed by atoms with van der Waals surface area (Å²) in [6.07, 6.45) is 4.67. The van der Waals surface area contributed by atoms with Gasteiger partial charge < -0.3 is 5.32 Å². The molecule has 4 nitrogen and oxygen atoms in total. The van der Waals surface area contributed by atoms with E-state index in [1.165, 1.54) is 18.3 Å². The third-order valence-corrected chi connectivity index (χ3v) is 2.86. The van der Waals surface area contributed by atoms with Crippen molar-refractivity contribution >= 4 is 22.4 Å². The Morgan fingerprint density at radius 2 is 2.05 bits per heavy atom. The number of carbonyl (C=O) groups is 1. The lowest BCUT2D eigenvalue weighted by molar-refractivity contribution is 0.102. The minimum atomic E-state index is -0.429. The van der Waals surface area contributed by atoms with Gasteiger partial charge in [-0.1, -0.05) is 6.07 Å². The standard InChI is InChI=1S/C15H10FN3O/c16-11-7-10-9-17-6-4-12(10)14(8-11)19-15(20)13-3-1-2-5-18-13/h1-9H,(H,19,20). The summed E-state index contributed by atoms with van der Waals surface area (Å²) in [4.78, 5) is 20.0. The average molecular weight is 267 g/mol. The molecule has 0 atom stereocenters. The quantitative estimate of drug-likeness (QED) is 0.776. The van der Waals surface area contributed by atoms with Gasteiger partial charge in [0.1, 0.15) is 11.5 Å². The number of benzene rings is 1. The van der Waals surface area contributed by atoms with Crippen LogP contribution >= 0.6 is 0 Å². The van der Waals surface area contributed by atoms with Gasteiger partial charge in [-0.25, -0.2) is 4.39 Å². The lowest BCUT2D eigenvalue weighted by atomic mass is 10.1. The molecule has 0 bridgehead atoms. The number of fused-ring (bicyclic) bond motifs is 1. The van der Waals surface area contributed by atoms with Crippen LogP contribution in [0.5, 0.6) is 0 Å². The summed E-state index contributed by atoms with van der Waals surface area (Å²) in [7, 11) is 0. The van der Waals surface area contributed by atoms with Gasteiger partial charge in [0.15, 0.2) is 0 Å². The zero-order chi connectivity index (χ0) is 13.9. The number of rotatable bonds is 2. The number of amides is 1. The molecule has 0 saturated heterocycles. The van der Waals surface area contributed by atoms with E-state index in [4.69, 9.17) is 0 Å². The summed E-state index contributed by atoms with van der Waals surface area (Å²) >= 11 is 0. The fourth-order valence-corrected chi connectivity index (χ4v) is 1.96. The number of hydrogen-bond donors (Lipinski definition) is 1. The molecule has 0 aliphatic heterocycles. The highest BCUT2D eigenvalue weighted by Gasteiger charge is 2.10. The van der Waals surface area contributed by atoms with Gasteiger partial charge in [-0.05, 0) is 30.3 Å². The van der Waals surface area contributed by atoms with E-state index < -0.39 is 5.82 Å². The molecule has 2 heterocycles. The van der Waals surface area contributed by atoms with E-state index in [-0.39, 0.29) is 11.6 Å². The van der Waals surface area contributed by atoms with Crippen LogP contribution in [0.2, 0.25) is 0 Å². The third-order valence-electron chi connectivity index (χ3n) is 2.86. The number of nitrogens with one attached hydrogen (secondary N) is 1. The largest absolute Gasteiger partial charge is 0.320 e. The summed E-state index contributed by atoms with van der Waals surface area (Å²) in [5, 5.41) is 4.03. The Kier molecular flexibility index (Phi) is 3.09. The maximum absolute atomic E-state index is 13.6. The van der Waals surface area contributed by atoms with Gasteiger partial charge in [0.05, 0.1) is 5.69 Å². The molecule has 0 spiro atoms. The SMILES string of the molecule is O=C(Nc1cc(F)cc2cnccc12)c1ccccn1. The van der Waals surface area contributed by atoms with Gasteiger partial charge in [-0.15, -0.1) is 0 Å². The van der Waals surface area contributed by atoms with Crippen molar-refractivity contribution in [2.75, 3.05) is 5.32 Å². The monoisotopic (exact) mass is 267 g/mol. The van der Waals surface area contributed by atoms with Crippen LogP contribution in [0.3, 0.4) is 0 Å². The number of halogens is 1. The first-order valence-electron chi connectivity index (χ1n) is 6.00. The minimum absolute atomic E-state index is 0.277. The molecule has 0 fully saturated rings. The fraction of sp³-hybridized carbons (Fsp3) is 0. The van der Waals surface area contributed by atoms with E-state index >= 15 is 0 Å². The van der Waals surface area contributed by atoms with Crippen LogP contribution in [-0.4, -0.2) is 15.9 Å². The molecular weight excluding hydrogens is 257 g/mol. The maximum atomic E-state index is 13.6. The smallest absolute Gasteiger partial charge is 0.274 e. The summed E-state index contributed by atoms with van der Waals surface area (Å²) in [5.74, 6) is -0.809. The Hall–Kier alpha value is -2.82. The second kappa shape index (κ2) is 5.05. The summed E-state index contributed by atoms with van der Waals surface area (Å²) < 4.78 is 13.6. The topological polar surface area (TPSA) is 54.9 Å². The van der Waals surface area contributed by atoms with E-state index in [1.807, 2.05) is 0 Å². The minimum Gasteiger partial charge on any atom is -0.320 e. The van der Waals surface area contributed by atoms with Gasteiger partial charge in [0.25, 0.3) is 5.91 Å². The van der Waals surface area contributed by atoms with Crippen molar-refractivity contribution < 1.29 is 9.18 Å². The van der Waals surface area contributed by atoms with Gasteiger partial charge in [-0.3, -0.25) is 14.8 Å². The highest BCUT2D eigenvalue weighted by Crippen LogP contribution is 2.24. The first-order valence-corrected chi connectivity index (χ1v) is 6.00. The molecule has 0 unspecified atom stereocenters. The summed E-state index contributed by atoms with van der Waals surface area (Å²) in [5.41, 5.74) is 0.678. The van der Waals surface area contributed by atoms with Crippen molar-refractivity contribution in [1.29, 1.82) is 0 Å². The number of nitrogens with zero attached hydrogens (tertiary/aromatic N) is 2. The molecule has 0 aliphatic carbocycles. The highest BCUT2D eigenvalue weighted by molar-refractivity contribution is 6.08. The normalized spacial score (nSPS) is 10.4. The molecular formula is C15H10FN3O. The number of anilines is 1. The van der Waals surface area contributed by atoms with Gasteiger partial charge in [0.2, 0.25) is 0 Å². The molecule has 1 aromatic carbocycles. The third kappa shape index (κ3) is 2.33. The number of hydrogen-bond acceptors (Lipinski definition) is 3. The predicted molar refractivity (Wildman–Crippen MR) is 73.9 cm³/mol.